The molecule has 7 heteroatoms. The van der Waals surface area contributed by atoms with Crippen LogP contribution in [0.25, 0.3) is 6.08 Å². The van der Waals surface area contributed by atoms with E-state index in [2.05, 4.69) is 13.0 Å². The maximum Gasteiger partial charge on any atom is 0.341 e. The number of para-hydroxylation sites is 1. The fraction of sp³-hybridized carbons (Fsp3) is 0.346. The number of aryl methyl sites for hydroxylation is 1. The third kappa shape index (κ3) is 5.66. The Labute approximate surface area is 198 Å². The summed E-state index contributed by atoms with van der Waals surface area (Å²) in [6.45, 7) is 1.70. The second-order valence-corrected chi connectivity index (χ2v) is 9.22. The maximum absolute atomic E-state index is 13.5. The number of carboxylic acid groups (broad SMARTS) is 1. The third-order valence-electron chi connectivity index (χ3n) is 5.88. The zero-order valence-corrected chi connectivity index (χ0v) is 19.5. The van der Waals surface area contributed by atoms with Crippen LogP contribution in [0.3, 0.4) is 0 Å². The third-order valence-corrected chi connectivity index (χ3v) is 6.87. The van der Waals surface area contributed by atoms with Gasteiger partial charge in [-0.2, -0.15) is 0 Å². The van der Waals surface area contributed by atoms with Gasteiger partial charge in [0.2, 0.25) is 0 Å². The molecule has 0 unspecified atom stereocenters. The zero-order valence-electron chi connectivity index (χ0n) is 18.7. The van der Waals surface area contributed by atoms with Gasteiger partial charge in [0.15, 0.2) is 11.8 Å². The zero-order chi connectivity index (χ0) is 23.2. The average molecular weight is 465 g/mol. The van der Waals surface area contributed by atoms with Crippen LogP contribution in [0, 0.1) is 0 Å². The van der Waals surface area contributed by atoms with Crippen molar-refractivity contribution in [2.75, 3.05) is 6.61 Å². The molecule has 33 heavy (non-hydrogen) atoms. The minimum Gasteiger partial charge on any atom is -0.482 e. The number of hydrogen-bond donors (Lipinski definition) is 1. The van der Waals surface area contributed by atoms with Crippen LogP contribution >= 0.6 is 11.8 Å². The van der Waals surface area contributed by atoms with Gasteiger partial charge in [0.05, 0.1) is 10.6 Å². The highest BCUT2D eigenvalue weighted by molar-refractivity contribution is 8.18. The first-order chi connectivity index (χ1) is 16.0. The number of hydrogen-bond acceptors (Lipinski definition) is 5. The number of aliphatic imine (C=N–C) groups is 1. The number of benzene rings is 2. The van der Waals surface area contributed by atoms with E-state index >= 15 is 0 Å². The SMILES string of the molecule is CCc1ccccc1N=C1S/C(=C/c2cccc(OCC(=O)O)c2)C(=O)N1C1CCCCC1. The van der Waals surface area contributed by atoms with Crippen molar-refractivity contribution in [2.24, 2.45) is 4.99 Å². The van der Waals surface area contributed by atoms with E-state index in [1.165, 1.54) is 18.2 Å². The van der Waals surface area contributed by atoms with E-state index in [0.717, 1.165) is 54.1 Å². The standard InChI is InChI=1S/C26H28N2O4S/c1-2-19-10-6-7-14-22(19)27-26-28(20-11-4-3-5-12-20)25(31)23(33-26)16-18-9-8-13-21(15-18)32-17-24(29)30/h6-10,13-16,20H,2-5,11-12,17H2,1H3,(H,29,30)/b23-16+,27-26?. The highest BCUT2D eigenvalue weighted by Crippen LogP contribution is 2.39. The van der Waals surface area contributed by atoms with Crippen molar-refractivity contribution in [3.05, 3.63) is 64.6 Å². The van der Waals surface area contributed by atoms with Crippen LogP contribution in [0.1, 0.15) is 50.2 Å². The largest absolute Gasteiger partial charge is 0.482 e. The van der Waals surface area contributed by atoms with Crippen molar-refractivity contribution in [1.82, 2.24) is 4.90 Å². The number of ether oxygens (including phenoxy) is 1. The van der Waals surface area contributed by atoms with Gasteiger partial charge in [-0.15, -0.1) is 0 Å². The monoisotopic (exact) mass is 464 g/mol. The molecular formula is C26H28N2O4S. The molecule has 0 aromatic heterocycles. The molecule has 2 aliphatic rings. The van der Waals surface area contributed by atoms with Gasteiger partial charge in [-0.3, -0.25) is 9.69 Å². The summed E-state index contributed by atoms with van der Waals surface area (Å²) in [6, 6.07) is 15.4. The van der Waals surface area contributed by atoms with E-state index in [4.69, 9.17) is 14.8 Å². The molecule has 0 radical (unpaired) electrons. The minimum absolute atomic E-state index is 0.0171. The molecule has 4 rings (SSSR count). The van der Waals surface area contributed by atoms with Crippen molar-refractivity contribution in [2.45, 2.75) is 51.5 Å². The molecule has 0 atom stereocenters. The van der Waals surface area contributed by atoms with Gasteiger partial charge in [0.1, 0.15) is 5.75 Å². The topological polar surface area (TPSA) is 79.2 Å². The Morgan fingerprint density at radius 2 is 1.97 bits per heavy atom. The van der Waals surface area contributed by atoms with Crippen LogP contribution in [0.15, 0.2) is 58.4 Å². The lowest BCUT2D eigenvalue weighted by atomic mass is 9.94. The summed E-state index contributed by atoms with van der Waals surface area (Å²) in [7, 11) is 0. The van der Waals surface area contributed by atoms with Crippen LogP contribution < -0.4 is 4.74 Å². The van der Waals surface area contributed by atoms with E-state index in [0.29, 0.717) is 10.7 Å². The summed E-state index contributed by atoms with van der Waals surface area (Å²) in [6.07, 6.45) is 8.16. The predicted molar refractivity (Wildman–Crippen MR) is 132 cm³/mol. The van der Waals surface area contributed by atoms with Crippen LogP contribution in [-0.2, 0) is 16.0 Å². The molecule has 6 nitrogen and oxygen atoms in total. The highest BCUT2D eigenvalue weighted by atomic mass is 32.2. The number of carboxylic acids is 1. The lowest BCUT2D eigenvalue weighted by Gasteiger charge is -2.30. The molecule has 1 saturated heterocycles. The summed E-state index contributed by atoms with van der Waals surface area (Å²) >= 11 is 1.41. The Hall–Kier alpha value is -3.06. The molecule has 2 fully saturated rings. The summed E-state index contributed by atoms with van der Waals surface area (Å²) in [4.78, 5) is 31.8. The molecule has 0 bridgehead atoms. The Morgan fingerprint density at radius 3 is 2.73 bits per heavy atom. The van der Waals surface area contributed by atoms with Gasteiger partial charge >= 0.3 is 5.97 Å². The Kier molecular flexibility index (Phi) is 7.50. The van der Waals surface area contributed by atoms with Crippen LogP contribution in [-0.4, -0.2) is 39.7 Å². The van der Waals surface area contributed by atoms with Crippen molar-refractivity contribution in [3.8, 4) is 5.75 Å². The fourth-order valence-electron chi connectivity index (χ4n) is 4.24. The Balaban J connectivity index is 1.66. The quantitative estimate of drug-likeness (QED) is 0.536. The number of carbonyl (C=O) groups excluding carboxylic acids is 1. The highest BCUT2D eigenvalue weighted by Gasteiger charge is 2.38. The number of nitrogens with zero attached hydrogens (tertiary/aromatic N) is 2. The molecule has 2 aromatic carbocycles. The van der Waals surface area contributed by atoms with Gasteiger partial charge in [-0.05, 0) is 66.4 Å². The summed E-state index contributed by atoms with van der Waals surface area (Å²) in [5, 5.41) is 9.58. The van der Waals surface area contributed by atoms with Crippen LogP contribution in [0.4, 0.5) is 5.69 Å². The summed E-state index contributed by atoms with van der Waals surface area (Å²) in [5.74, 6) is -0.592. The molecule has 1 N–H and O–H groups in total. The van der Waals surface area contributed by atoms with E-state index in [1.54, 1.807) is 18.2 Å². The number of carbonyl (C=O) groups is 2. The van der Waals surface area contributed by atoms with Gasteiger partial charge in [-0.1, -0.05) is 56.5 Å². The number of amidine groups is 1. The van der Waals surface area contributed by atoms with E-state index in [-0.39, 0.29) is 11.9 Å². The number of thioether (sulfide) groups is 1. The predicted octanol–water partition coefficient (Wildman–Crippen LogP) is 5.65. The molecular weight excluding hydrogens is 436 g/mol. The number of aliphatic carboxylic acids is 1. The summed E-state index contributed by atoms with van der Waals surface area (Å²) < 4.78 is 5.29. The average Bonchev–Trinajstić information content (AvgIpc) is 3.13. The fourth-order valence-corrected chi connectivity index (χ4v) is 5.29. The van der Waals surface area contributed by atoms with Crippen molar-refractivity contribution in [1.29, 1.82) is 0 Å². The van der Waals surface area contributed by atoms with Crippen molar-refractivity contribution < 1.29 is 19.4 Å². The van der Waals surface area contributed by atoms with Gasteiger partial charge in [0.25, 0.3) is 5.91 Å². The molecule has 1 heterocycles. The van der Waals surface area contributed by atoms with E-state index in [9.17, 15) is 9.59 Å². The molecule has 0 spiro atoms. The first-order valence-electron chi connectivity index (χ1n) is 11.4. The van der Waals surface area contributed by atoms with E-state index < -0.39 is 12.6 Å². The number of amides is 1. The minimum atomic E-state index is -1.03. The normalized spacial score (nSPS) is 19.4. The molecule has 1 aliphatic heterocycles. The lowest BCUT2D eigenvalue weighted by Crippen LogP contribution is -2.40. The van der Waals surface area contributed by atoms with E-state index in [1.807, 2.05) is 35.2 Å². The molecule has 1 aliphatic carbocycles. The number of rotatable bonds is 7. The van der Waals surface area contributed by atoms with Crippen LogP contribution in [0.2, 0.25) is 0 Å². The second-order valence-electron chi connectivity index (χ2n) is 8.21. The Morgan fingerprint density at radius 1 is 1.18 bits per heavy atom. The Bertz CT molecular complexity index is 1090. The van der Waals surface area contributed by atoms with Gasteiger partial charge in [0, 0.05) is 6.04 Å². The lowest BCUT2D eigenvalue weighted by molar-refractivity contribution is -0.139. The first-order valence-corrected chi connectivity index (χ1v) is 12.2. The first kappa shape index (κ1) is 23.1. The van der Waals surface area contributed by atoms with Gasteiger partial charge < -0.3 is 9.84 Å². The van der Waals surface area contributed by atoms with Crippen molar-refractivity contribution >= 4 is 40.6 Å². The van der Waals surface area contributed by atoms with Crippen molar-refractivity contribution in [3.63, 3.8) is 0 Å². The summed E-state index contributed by atoms with van der Waals surface area (Å²) in [5.41, 5.74) is 2.84. The van der Waals surface area contributed by atoms with Gasteiger partial charge in [-0.25, -0.2) is 9.79 Å². The molecule has 1 amide bonds. The molecule has 172 valence electrons. The smallest absolute Gasteiger partial charge is 0.341 e. The van der Waals surface area contributed by atoms with Crippen LogP contribution in [0.5, 0.6) is 5.75 Å². The second kappa shape index (κ2) is 10.7. The molecule has 2 aromatic rings. The molecule has 1 saturated carbocycles. The maximum atomic E-state index is 13.5.